The van der Waals surface area contributed by atoms with E-state index in [0.29, 0.717) is 37.9 Å². The summed E-state index contributed by atoms with van der Waals surface area (Å²) in [6.07, 6.45) is 1.38. The maximum Gasteiger partial charge on any atom is 0.339 e. The molecule has 0 bridgehead atoms. The predicted molar refractivity (Wildman–Crippen MR) is 77.5 cm³/mol. The van der Waals surface area contributed by atoms with Crippen molar-refractivity contribution in [2.45, 2.75) is 0 Å². The molecule has 1 saturated heterocycles. The molecule has 0 unspecified atom stereocenters. The third-order valence-electron chi connectivity index (χ3n) is 3.35. The quantitative estimate of drug-likeness (QED) is 0.924. The van der Waals surface area contributed by atoms with Crippen molar-refractivity contribution in [2.75, 3.05) is 31.2 Å². The summed E-state index contributed by atoms with van der Waals surface area (Å²) in [6.45, 7) is 2.68. The average Bonchev–Trinajstić information content (AvgIpc) is 2.56. The van der Waals surface area contributed by atoms with Crippen molar-refractivity contribution >= 4 is 11.9 Å². The van der Waals surface area contributed by atoms with Crippen molar-refractivity contribution in [3.05, 3.63) is 42.1 Å². The van der Waals surface area contributed by atoms with E-state index in [1.165, 1.54) is 6.20 Å². The number of anilines is 1. The molecule has 0 amide bonds. The predicted octanol–water partition coefficient (Wildman–Crippen LogP) is 1.68. The van der Waals surface area contributed by atoms with Gasteiger partial charge in [0, 0.05) is 24.8 Å². The number of carboxylic acids is 1. The molecule has 0 radical (unpaired) electrons. The molecule has 0 aliphatic carbocycles. The molecule has 6 heteroatoms. The van der Waals surface area contributed by atoms with E-state index in [1.54, 1.807) is 0 Å². The molecule has 1 N–H and O–H groups in total. The highest BCUT2D eigenvalue weighted by atomic mass is 16.5. The summed E-state index contributed by atoms with van der Waals surface area (Å²) in [5.41, 5.74) is 1.32. The fourth-order valence-corrected chi connectivity index (χ4v) is 2.26. The van der Waals surface area contributed by atoms with Crippen molar-refractivity contribution in [1.82, 2.24) is 9.97 Å². The number of nitrogens with zero attached hydrogens (tertiary/aromatic N) is 3. The van der Waals surface area contributed by atoms with E-state index in [-0.39, 0.29) is 5.56 Å². The van der Waals surface area contributed by atoms with Gasteiger partial charge in [-0.05, 0) is 0 Å². The first kappa shape index (κ1) is 13.5. The van der Waals surface area contributed by atoms with Gasteiger partial charge in [0.1, 0.15) is 5.56 Å². The molecular weight excluding hydrogens is 270 g/mol. The van der Waals surface area contributed by atoms with Crippen LogP contribution in [-0.2, 0) is 4.74 Å². The van der Waals surface area contributed by atoms with Crippen LogP contribution in [-0.4, -0.2) is 47.3 Å². The van der Waals surface area contributed by atoms with E-state index < -0.39 is 5.97 Å². The topological polar surface area (TPSA) is 75.5 Å². The zero-order valence-corrected chi connectivity index (χ0v) is 11.4. The monoisotopic (exact) mass is 285 g/mol. The van der Waals surface area contributed by atoms with Gasteiger partial charge in [-0.3, -0.25) is 0 Å². The SMILES string of the molecule is O=C(O)c1cnc(N2CCOCC2)nc1-c1ccccc1. The highest BCUT2D eigenvalue weighted by Gasteiger charge is 2.19. The van der Waals surface area contributed by atoms with Crippen LogP contribution in [0.1, 0.15) is 10.4 Å². The van der Waals surface area contributed by atoms with Gasteiger partial charge in [-0.2, -0.15) is 0 Å². The number of aromatic nitrogens is 2. The molecule has 2 heterocycles. The largest absolute Gasteiger partial charge is 0.478 e. The number of carboxylic acid groups (broad SMARTS) is 1. The molecule has 3 rings (SSSR count). The van der Waals surface area contributed by atoms with E-state index in [0.717, 1.165) is 5.56 Å². The van der Waals surface area contributed by atoms with Crippen LogP contribution < -0.4 is 4.90 Å². The number of ether oxygens (including phenoxy) is 1. The first-order valence-corrected chi connectivity index (χ1v) is 6.74. The second-order valence-electron chi connectivity index (χ2n) is 4.70. The minimum Gasteiger partial charge on any atom is -0.478 e. The van der Waals surface area contributed by atoms with Gasteiger partial charge in [0.15, 0.2) is 0 Å². The molecule has 1 aromatic carbocycles. The highest BCUT2D eigenvalue weighted by Crippen LogP contribution is 2.23. The summed E-state index contributed by atoms with van der Waals surface area (Å²) < 4.78 is 5.31. The maximum atomic E-state index is 11.4. The van der Waals surface area contributed by atoms with E-state index in [4.69, 9.17) is 4.74 Å². The number of carbonyl (C=O) groups is 1. The number of morpholine rings is 1. The fourth-order valence-electron chi connectivity index (χ4n) is 2.26. The Hall–Kier alpha value is -2.47. The summed E-state index contributed by atoms with van der Waals surface area (Å²) in [6, 6.07) is 9.29. The van der Waals surface area contributed by atoms with Crippen LogP contribution in [0.2, 0.25) is 0 Å². The van der Waals surface area contributed by atoms with Crippen LogP contribution in [0, 0.1) is 0 Å². The van der Waals surface area contributed by atoms with Crippen molar-refractivity contribution in [1.29, 1.82) is 0 Å². The normalized spacial score (nSPS) is 15.0. The molecule has 1 aromatic heterocycles. The molecule has 6 nitrogen and oxygen atoms in total. The van der Waals surface area contributed by atoms with Crippen molar-refractivity contribution in [2.24, 2.45) is 0 Å². The van der Waals surface area contributed by atoms with Crippen LogP contribution in [0.5, 0.6) is 0 Å². The lowest BCUT2D eigenvalue weighted by Gasteiger charge is -2.27. The van der Waals surface area contributed by atoms with Crippen molar-refractivity contribution in [3.63, 3.8) is 0 Å². The number of rotatable bonds is 3. The number of aromatic carboxylic acids is 1. The summed E-state index contributed by atoms with van der Waals surface area (Å²) in [4.78, 5) is 22.0. The van der Waals surface area contributed by atoms with Gasteiger partial charge in [0.05, 0.1) is 18.9 Å². The van der Waals surface area contributed by atoms with Crippen LogP contribution in [0.25, 0.3) is 11.3 Å². The van der Waals surface area contributed by atoms with Crippen molar-refractivity contribution < 1.29 is 14.6 Å². The lowest BCUT2D eigenvalue weighted by Crippen LogP contribution is -2.37. The molecule has 2 aromatic rings. The van der Waals surface area contributed by atoms with Crippen LogP contribution >= 0.6 is 0 Å². The molecule has 0 atom stereocenters. The third-order valence-corrected chi connectivity index (χ3v) is 3.35. The van der Waals surface area contributed by atoms with E-state index >= 15 is 0 Å². The standard InChI is InChI=1S/C15H15N3O3/c19-14(20)12-10-16-15(18-6-8-21-9-7-18)17-13(12)11-4-2-1-3-5-11/h1-5,10H,6-9H2,(H,19,20). The molecule has 108 valence electrons. The maximum absolute atomic E-state index is 11.4. The van der Waals surface area contributed by atoms with Gasteiger partial charge in [-0.1, -0.05) is 30.3 Å². The Labute approximate surface area is 122 Å². The van der Waals surface area contributed by atoms with E-state index in [9.17, 15) is 9.90 Å². The van der Waals surface area contributed by atoms with Gasteiger partial charge in [0.2, 0.25) is 5.95 Å². The minimum atomic E-state index is -1.03. The van der Waals surface area contributed by atoms with Gasteiger partial charge < -0.3 is 14.7 Å². The van der Waals surface area contributed by atoms with Gasteiger partial charge in [0.25, 0.3) is 0 Å². The Morgan fingerprint density at radius 3 is 2.57 bits per heavy atom. The Kier molecular flexibility index (Phi) is 3.79. The minimum absolute atomic E-state index is 0.109. The summed E-state index contributed by atoms with van der Waals surface area (Å²) >= 11 is 0. The van der Waals surface area contributed by atoms with Crippen LogP contribution in [0.4, 0.5) is 5.95 Å². The number of hydrogen-bond acceptors (Lipinski definition) is 5. The van der Waals surface area contributed by atoms with Crippen LogP contribution in [0.3, 0.4) is 0 Å². The Morgan fingerprint density at radius 1 is 1.19 bits per heavy atom. The van der Waals surface area contributed by atoms with E-state index in [1.807, 2.05) is 35.2 Å². The van der Waals surface area contributed by atoms with Gasteiger partial charge in [-0.15, -0.1) is 0 Å². The molecule has 0 saturated carbocycles. The third kappa shape index (κ3) is 2.85. The second-order valence-corrected chi connectivity index (χ2v) is 4.70. The zero-order chi connectivity index (χ0) is 14.7. The van der Waals surface area contributed by atoms with E-state index in [2.05, 4.69) is 9.97 Å². The van der Waals surface area contributed by atoms with Crippen molar-refractivity contribution in [3.8, 4) is 11.3 Å². The zero-order valence-electron chi connectivity index (χ0n) is 11.4. The Balaban J connectivity index is 2.04. The molecule has 21 heavy (non-hydrogen) atoms. The number of benzene rings is 1. The van der Waals surface area contributed by atoms with Crippen LogP contribution in [0.15, 0.2) is 36.5 Å². The first-order valence-electron chi connectivity index (χ1n) is 6.74. The summed E-state index contributed by atoms with van der Waals surface area (Å²) in [5, 5.41) is 9.31. The Morgan fingerprint density at radius 2 is 1.90 bits per heavy atom. The fraction of sp³-hybridized carbons (Fsp3) is 0.267. The first-order chi connectivity index (χ1) is 10.3. The highest BCUT2D eigenvalue weighted by molar-refractivity contribution is 5.94. The summed E-state index contributed by atoms with van der Waals surface area (Å²) in [5.74, 6) is -0.482. The molecule has 0 spiro atoms. The molecule has 1 fully saturated rings. The number of hydrogen-bond donors (Lipinski definition) is 1. The smallest absolute Gasteiger partial charge is 0.339 e. The lowest BCUT2D eigenvalue weighted by molar-refractivity contribution is 0.0697. The van der Waals surface area contributed by atoms with Gasteiger partial charge in [-0.25, -0.2) is 14.8 Å². The van der Waals surface area contributed by atoms with Gasteiger partial charge >= 0.3 is 5.97 Å². The summed E-state index contributed by atoms with van der Waals surface area (Å²) in [7, 11) is 0. The molecule has 1 aliphatic rings. The molecule has 1 aliphatic heterocycles. The second kappa shape index (κ2) is 5.88. The molecular formula is C15H15N3O3. The lowest BCUT2D eigenvalue weighted by atomic mass is 10.1. The Bertz CT molecular complexity index is 640. The average molecular weight is 285 g/mol.